The van der Waals surface area contributed by atoms with E-state index >= 15 is 0 Å². The number of H-pyrrole nitrogens is 2. The first kappa shape index (κ1) is 40.3. The summed E-state index contributed by atoms with van der Waals surface area (Å²) in [7, 11) is 7.21. The highest BCUT2D eigenvalue weighted by molar-refractivity contribution is 9.10. The molecule has 0 amide bonds. The monoisotopic (exact) mass is 867 g/mol. The van der Waals surface area contributed by atoms with Gasteiger partial charge in [0.15, 0.2) is 11.3 Å². The molecule has 0 radical (unpaired) electrons. The number of nitrogens with one attached hydrogen (secondary N) is 4. The van der Waals surface area contributed by atoms with Crippen molar-refractivity contribution in [3.8, 4) is 34.0 Å². The minimum atomic E-state index is -0.736. The zero-order valence-electron chi connectivity index (χ0n) is 31.8. The fraction of sp³-hybridized carbons (Fsp3) is 0.122. The van der Waals surface area contributed by atoms with Crippen molar-refractivity contribution in [2.45, 2.75) is 0 Å². The van der Waals surface area contributed by atoms with Gasteiger partial charge in [0.05, 0.1) is 47.8 Å². The lowest BCUT2D eigenvalue weighted by molar-refractivity contribution is 0.416. The molecular formula is C41H34BrF4N11O2. The topological polar surface area (TPSA) is 155 Å². The molecule has 4 aromatic heterocycles. The first-order chi connectivity index (χ1) is 28.5. The molecule has 8 rings (SSSR count). The zero-order chi connectivity index (χ0) is 41.6. The number of likely N-dealkylation sites (N-methyl/N-ethyl adjacent to an activating group) is 1. The molecule has 0 atom stereocenters. The van der Waals surface area contributed by atoms with Gasteiger partial charge in [0.25, 0.3) is 0 Å². The van der Waals surface area contributed by atoms with Gasteiger partial charge in [-0.1, -0.05) is 34.1 Å². The minimum Gasteiger partial charge on any atom is -0.496 e. The first-order valence-electron chi connectivity index (χ1n) is 17.7. The Labute approximate surface area is 342 Å². The summed E-state index contributed by atoms with van der Waals surface area (Å²) in [6.45, 7) is 0.826. The number of aromatic nitrogens is 8. The summed E-state index contributed by atoms with van der Waals surface area (Å²) < 4.78 is 65.7. The van der Waals surface area contributed by atoms with Gasteiger partial charge in [0.1, 0.15) is 34.8 Å². The van der Waals surface area contributed by atoms with Gasteiger partial charge in [-0.3, -0.25) is 10.2 Å². The van der Waals surface area contributed by atoms with Gasteiger partial charge < -0.3 is 25.0 Å². The molecule has 0 saturated heterocycles. The predicted octanol–water partition coefficient (Wildman–Crippen LogP) is 9.44. The van der Waals surface area contributed by atoms with Crippen molar-refractivity contribution < 1.29 is 27.0 Å². The van der Waals surface area contributed by atoms with Crippen LogP contribution in [0.4, 0.5) is 40.8 Å². The third-order valence-electron chi connectivity index (χ3n) is 8.68. The van der Waals surface area contributed by atoms with E-state index in [0.717, 1.165) is 52.0 Å². The molecular weight excluding hydrogens is 834 g/mol. The summed E-state index contributed by atoms with van der Waals surface area (Å²) in [5.74, 6) is -1.15. The molecule has 0 saturated carbocycles. The second-order valence-electron chi connectivity index (χ2n) is 13.0. The van der Waals surface area contributed by atoms with E-state index in [0.29, 0.717) is 45.0 Å². The molecule has 0 spiro atoms. The summed E-state index contributed by atoms with van der Waals surface area (Å²) >= 11 is 3.44. The van der Waals surface area contributed by atoms with Crippen LogP contribution in [0.3, 0.4) is 0 Å². The number of rotatable bonds is 11. The number of hydrogen-bond donors (Lipinski definition) is 4. The molecule has 59 heavy (non-hydrogen) atoms. The van der Waals surface area contributed by atoms with Gasteiger partial charge in [0, 0.05) is 46.7 Å². The molecule has 0 aliphatic carbocycles. The number of fused-ring (bicyclic) bond motifs is 2. The van der Waals surface area contributed by atoms with Crippen LogP contribution >= 0.6 is 15.9 Å². The third-order valence-corrected chi connectivity index (χ3v) is 9.18. The SMILES string of the molecule is COc1ccc(/C=C/CN(C)C)cc1-c1[nH]nc2nc(Nc3ccc(F)cc3F)ncc12.COc1ccc(Br)cc1-c1[nH]nc2nc(Nc3ccc(F)cc3F)ncc12. The van der Waals surface area contributed by atoms with Crippen molar-refractivity contribution in [3.05, 3.63) is 125 Å². The summed E-state index contributed by atoms with van der Waals surface area (Å²) in [5.41, 5.74) is 4.96. The molecule has 0 fully saturated rings. The van der Waals surface area contributed by atoms with Crippen LogP contribution in [0.2, 0.25) is 0 Å². The number of ether oxygens (including phenoxy) is 2. The van der Waals surface area contributed by atoms with Crippen molar-refractivity contribution >= 4 is 67.3 Å². The lowest BCUT2D eigenvalue weighted by Gasteiger charge is -2.09. The zero-order valence-corrected chi connectivity index (χ0v) is 33.4. The van der Waals surface area contributed by atoms with Gasteiger partial charge in [-0.15, -0.1) is 0 Å². The number of nitrogens with zero attached hydrogens (tertiary/aromatic N) is 7. The maximum Gasteiger partial charge on any atom is 0.229 e. The smallest absolute Gasteiger partial charge is 0.229 e. The van der Waals surface area contributed by atoms with Gasteiger partial charge in [-0.05, 0) is 74.3 Å². The summed E-state index contributed by atoms with van der Waals surface area (Å²) in [4.78, 5) is 19.2. The fourth-order valence-corrected chi connectivity index (χ4v) is 6.22. The quantitative estimate of drug-likeness (QED) is 0.0920. The van der Waals surface area contributed by atoms with Crippen LogP contribution in [-0.4, -0.2) is 80.1 Å². The molecule has 18 heteroatoms. The Morgan fingerprint density at radius 1 is 0.678 bits per heavy atom. The van der Waals surface area contributed by atoms with Crippen LogP contribution in [-0.2, 0) is 0 Å². The van der Waals surface area contributed by atoms with Crippen LogP contribution in [0.1, 0.15) is 5.56 Å². The minimum absolute atomic E-state index is 0.0696. The average molecular weight is 869 g/mol. The van der Waals surface area contributed by atoms with Crippen molar-refractivity contribution in [2.24, 2.45) is 0 Å². The number of aromatic amines is 2. The van der Waals surface area contributed by atoms with Crippen LogP contribution in [0.25, 0.3) is 50.7 Å². The number of anilines is 4. The summed E-state index contributed by atoms with van der Waals surface area (Å²) in [5, 5.41) is 21.2. The molecule has 300 valence electrons. The second kappa shape index (κ2) is 17.7. The van der Waals surface area contributed by atoms with E-state index in [2.05, 4.69) is 77.9 Å². The van der Waals surface area contributed by atoms with Gasteiger partial charge in [0.2, 0.25) is 11.9 Å². The predicted molar refractivity (Wildman–Crippen MR) is 222 cm³/mol. The molecule has 0 bridgehead atoms. The molecule has 8 aromatic rings. The molecule has 4 heterocycles. The van der Waals surface area contributed by atoms with E-state index in [1.165, 1.54) is 12.1 Å². The lowest BCUT2D eigenvalue weighted by atomic mass is 10.0. The van der Waals surface area contributed by atoms with E-state index < -0.39 is 23.3 Å². The van der Waals surface area contributed by atoms with Crippen LogP contribution in [0.5, 0.6) is 11.5 Å². The van der Waals surface area contributed by atoms with E-state index in [1.807, 2.05) is 56.6 Å². The van der Waals surface area contributed by atoms with Crippen LogP contribution in [0.15, 0.2) is 95.7 Å². The van der Waals surface area contributed by atoms with E-state index in [4.69, 9.17) is 9.47 Å². The van der Waals surface area contributed by atoms with E-state index in [-0.39, 0.29) is 23.3 Å². The molecule has 13 nitrogen and oxygen atoms in total. The largest absolute Gasteiger partial charge is 0.496 e. The summed E-state index contributed by atoms with van der Waals surface area (Å²) in [6, 6.07) is 17.9. The maximum absolute atomic E-state index is 13.9. The van der Waals surface area contributed by atoms with Crippen LogP contribution < -0.4 is 20.1 Å². The second-order valence-corrected chi connectivity index (χ2v) is 13.9. The van der Waals surface area contributed by atoms with E-state index in [9.17, 15) is 17.6 Å². The Morgan fingerprint density at radius 3 is 1.68 bits per heavy atom. The molecule has 4 N–H and O–H groups in total. The van der Waals surface area contributed by atoms with Crippen molar-refractivity contribution in [2.75, 3.05) is 45.5 Å². The first-order valence-corrected chi connectivity index (χ1v) is 18.5. The maximum atomic E-state index is 13.9. The van der Waals surface area contributed by atoms with Crippen molar-refractivity contribution in [3.63, 3.8) is 0 Å². The number of benzene rings is 4. The number of methoxy groups -OCH3 is 2. The highest BCUT2D eigenvalue weighted by Crippen LogP contribution is 2.36. The Hall–Kier alpha value is -6.92. The van der Waals surface area contributed by atoms with Gasteiger partial charge >= 0.3 is 0 Å². The summed E-state index contributed by atoms with van der Waals surface area (Å²) in [6.07, 6.45) is 7.29. The Morgan fingerprint density at radius 2 is 1.19 bits per heavy atom. The number of hydrogen-bond acceptors (Lipinski definition) is 11. The van der Waals surface area contributed by atoms with Crippen molar-refractivity contribution in [1.82, 2.24) is 45.2 Å². The van der Waals surface area contributed by atoms with Gasteiger partial charge in [-0.25, -0.2) is 27.5 Å². The third kappa shape index (κ3) is 9.29. The van der Waals surface area contributed by atoms with Gasteiger partial charge in [-0.2, -0.15) is 20.2 Å². The standard InChI is InChI=1S/C23H22F2N6O.C18H12BrF2N5O/c1-31(2)10-4-5-14-6-9-20(32-3)16(11-14)21-17-13-26-23(28-22(17)30-29-21)27-19-8-7-15(24)12-18(19)25;1-27-15-5-2-9(19)6-11(15)16-12-8-22-18(24-17(12)26-25-16)23-14-4-3-10(20)7-13(14)21/h4-9,11-13H,10H2,1-3H3,(H2,26,27,28,29,30);2-8H,1H3,(H2,22,23,24,25,26)/b5-4+;. The Bertz CT molecular complexity index is 2810. The lowest BCUT2D eigenvalue weighted by Crippen LogP contribution is -2.10. The molecule has 0 aliphatic rings. The van der Waals surface area contributed by atoms with Crippen molar-refractivity contribution in [1.29, 1.82) is 0 Å². The van der Waals surface area contributed by atoms with Crippen LogP contribution in [0, 0.1) is 23.3 Å². The van der Waals surface area contributed by atoms with E-state index in [1.54, 1.807) is 26.6 Å². The number of halogens is 5. The highest BCUT2D eigenvalue weighted by atomic mass is 79.9. The molecule has 0 aliphatic heterocycles. The normalized spacial score (nSPS) is 11.3. The molecule has 4 aromatic carbocycles. The Kier molecular flexibility index (Phi) is 12.1. The average Bonchev–Trinajstić information content (AvgIpc) is 3.84. The molecule has 0 unspecified atom stereocenters. The fourth-order valence-electron chi connectivity index (χ4n) is 5.86. The Balaban J connectivity index is 0.000000181. The highest BCUT2D eigenvalue weighted by Gasteiger charge is 2.17.